The van der Waals surface area contributed by atoms with Gasteiger partial charge in [-0.2, -0.15) is 0 Å². The Morgan fingerprint density at radius 1 is 1.08 bits per heavy atom. The van der Waals surface area contributed by atoms with E-state index in [9.17, 15) is 8.42 Å². The monoisotopic (exact) mass is 369 g/mol. The van der Waals surface area contributed by atoms with E-state index in [0.717, 1.165) is 0 Å². The molecule has 1 heterocycles. The van der Waals surface area contributed by atoms with Crippen LogP contribution in [0.3, 0.4) is 0 Å². The van der Waals surface area contributed by atoms with Crippen LogP contribution in [0.2, 0.25) is 5.02 Å². The number of para-hydroxylation sites is 1. The van der Waals surface area contributed by atoms with Crippen LogP contribution in [-0.4, -0.2) is 34.8 Å². The van der Waals surface area contributed by atoms with E-state index in [2.05, 4.69) is 4.72 Å². The van der Waals surface area contributed by atoms with Gasteiger partial charge >= 0.3 is 0 Å². The normalized spacial score (nSPS) is 13.5. The molecular formula is C16H16ClNO5S. The van der Waals surface area contributed by atoms with E-state index in [4.69, 9.17) is 25.8 Å². The summed E-state index contributed by atoms with van der Waals surface area (Å²) < 4.78 is 43.3. The molecule has 128 valence electrons. The number of hydrogen-bond donors (Lipinski definition) is 1. The SMILES string of the molecule is O=S(=O)(NCCOc1ccccc1Cl)c1ccc2c(c1)OCCO2. The molecule has 2 aromatic rings. The van der Waals surface area contributed by atoms with Gasteiger partial charge in [-0.1, -0.05) is 23.7 Å². The second kappa shape index (κ2) is 7.29. The number of ether oxygens (including phenoxy) is 3. The highest BCUT2D eigenvalue weighted by Gasteiger charge is 2.19. The van der Waals surface area contributed by atoms with Gasteiger partial charge in [0, 0.05) is 12.6 Å². The van der Waals surface area contributed by atoms with Crippen LogP contribution < -0.4 is 18.9 Å². The average Bonchev–Trinajstić information content (AvgIpc) is 2.59. The lowest BCUT2D eigenvalue weighted by molar-refractivity contribution is 0.171. The van der Waals surface area contributed by atoms with Crippen molar-refractivity contribution in [3.63, 3.8) is 0 Å². The quantitative estimate of drug-likeness (QED) is 0.792. The Labute approximate surface area is 145 Å². The molecule has 1 N–H and O–H groups in total. The lowest BCUT2D eigenvalue weighted by atomic mass is 10.3. The van der Waals surface area contributed by atoms with Crippen LogP contribution in [0.1, 0.15) is 0 Å². The second-order valence-corrected chi connectivity index (χ2v) is 7.16. The Bertz CT molecular complexity index is 825. The summed E-state index contributed by atoms with van der Waals surface area (Å²) in [6.07, 6.45) is 0. The third-order valence-electron chi connectivity index (χ3n) is 3.31. The Morgan fingerprint density at radius 3 is 2.62 bits per heavy atom. The van der Waals surface area contributed by atoms with Crippen molar-refractivity contribution in [1.82, 2.24) is 4.72 Å². The molecule has 8 heteroatoms. The van der Waals surface area contributed by atoms with Gasteiger partial charge in [0.05, 0.1) is 9.92 Å². The van der Waals surface area contributed by atoms with Crippen molar-refractivity contribution in [1.29, 1.82) is 0 Å². The molecule has 0 bridgehead atoms. The minimum atomic E-state index is -3.66. The first kappa shape index (κ1) is 16.9. The maximum Gasteiger partial charge on any atom is 0.240 e. The molecule has 6 nitrogen and oxygen atoms in total. The number of hydrogen-bond acceptors (Lipinski definition) is 5. The molecule has 0 radical (unpaired) electrons. The van der Waals surface area contributed by atoms with Gasteiger partial charge in [0.2, 0.25) is 10.0 Å². The summed E-state index contributed by atoms with van der Waals surface area (Å²) in [5.41, 5.74) is 0. The maximum atomic E-state index is 12.3. The van der Waals surface area contributed by atoms with Crippen LogP contribution in [0.15, 0.2) is 47.4 Å². The van der Waals surface area contributed by atoms with Gasteiger partial charge < -0.3 is 14.2 Å². The highest BCUT2D eigenvalue weighted by Crippen LogP contribution is 2.32. The van der Waals surface area contributed by atoms with E-state index in [0.29, 0.717) is 35.5 Å². The van der Waals surface area contributed by atoms with Crippen molar-refractivity contribution < 1.29 is 22.6 Å². The number of fused-ring (bicyclic) bond motifs is 1. The highest BCUT2D eigenvalue weighted by molar-refractivity contribution is 7.89. The number of nitrogens with one attached hydrogen (secondary N) is 1. The van der Waals surface area contributed by atoms with Crippen molar-refractivity contribution in [3.8, 4) is 17.2 Å². The first-order chi connectivity index (χ1) is 11.6. The molecule has 0 amide bonds. The molecule has 1 aliphatic heterocycles. The summed E-state index contributed by atoms with van der Waals surface area (Å²) in [5, 5.41) is 0.479. The smallest absolute Gasteiger partial charge is 0.240 e. The highest BCUT2D eigenvalue weighted by atomic mass is 35.5. The van der Waals surface area contributed by atoms with Crippen molar-refractivity contribution in [3.05, 3.63) is 47.5 Å². The second-order valence-electron chi connectivity index (χ2n) is 4.98. The zero-order chi connectivity index (χ0) is 17.0. The van der Waals surface area contributed by atoms with Crippen LogP contribution in [0, 0.1) is 0 Å². The third-order valence-corrected chi connectivity index (χ3v) is 5.08. The summed E-state index contributed by atoms with van der Waals surface area (Å²) in [6.45, 7) is 1.13. The van der Waals surface area contributed by atoms with Gasteiger partial charge in [0.15, 0.2) is 11.5 Å². The zero-order valence-electron chi connectivity index (χ0n) is 12.7. The van der Waals surface area contributed by atoms with Crippen LogP contribution in [0.5, 0.6) is 17.2 Å². The molecule has 0 saturated carbocycles. The summed E-state index contributed by atoms with van der Waals surface area (Å²) in [7, 11) is -3.66. The van der Waals surface area contributed by atoms with Gasteiger partial charge in [0.25, 0.3) is 0 Å². The Morgan fingerprint density at radius 2 is 1.83 bits per heavy atom. The first-order valence-electron chi connectivity index (χ1n) is 7.33. The molecule has 0 unspecified atom stereocenters. The lowest BCUT2D eigenvalue weighted by Gasteiger charge is -2.19. The minimum absolute atomic E-state index is 0.113. The standard InChI is InChI=1S/C16H16ClNO5S/c17-13-3-1-2-4-14(13)21-8-7-18-24(19,20)12-5-6-15-16(11-12)23-10-9-22-15/h1-6,11,18H,7-10H2. The predicted octanol–water partition coefficient (Wildman–Crippen LogP) is 2.47. The summed E-state index contributed by atoms with van der Waals surface area (Å²) in [5.74, 6) is 1.48. The molecule has 0 aliphatic carbocycles. The minimum Gasteiger partial charge on any atom is -0.491 e. The number of rotatable bonds is 6. The summed E-state index contributed by atoms with van der Waals surface area (Å²) in [4.78, 5) is 0.115. The van der Waals surface area contributed by atoms with Crippen LogP contribution in [-0.2, 0) is 10.0 Å². The van der Waals surface area contributed by atoms with Crippen molar-refractivity contribution >= 4 is 21.6 Å². The number of halogens is 1. The molecule has 0 fully saturated rings. The maximum absolute atomic E-state index is 12.3. The van der Waals surface area contributed by atoms with Crippen LogP contribution in [0.4, 0.5) is 0 Å². The van der Waals surface area contributed by atoms with E-state index in [1.54, 1.807) is 30.3 Å². The van der Waals surface area contributed by atoms with Gasteiger partial charge in [-0.25, -0.2) is 13.1 Å². The van der Waals surface area contributed by atoms with Gasteiger partial charge in [-0.3, -0.25) is 0 Å². The largest absolute Gasteiger partial charge is 0.491 e. The molecule has 2 aromatic carbocycles. The Hall–Kier alpha value is -1.96. The summed E-state index contributed by atoms with van der Waals surface area (Å²) >= 11 is 5.97. The number of sulfonamides is 1. The fraction of sp³-hybridized carbons (Fsp3) is 0.250. The van der Waals surface area contributed by atoms with Crippen molar-refractivity contribution in [2.24, 2.45) is 0 Å². The fourth-order valence-electron chi connectivity index (χ4n) is 2.17. The van der Waals surface area contributed by atoms with E-state index in [-0.39, 0.29) is 18.0 Å². The summed E-state index contributed by atoms with van der Waals surface area (Å²) in [6, 6.07) is 11.5. The zero-order valence-corrected chi connectivity index (χ0v) is 14.3. The van der Waals surface area contributed by atoms with E-state index in [1.165, 1.54) is 12.1 Å². The van der Waals surface area contributed by atoms with E-state index < -0.39 is 10.0 Å². The van der Waals surface area contributed by atoms with E-state index >= 15 is 0 Å². The first-order valence-corrected chi connectivity index (χ1v) is 9.19. The van der Waals surface area contributed by atoms with Crippen LogP contribution in [0.25, 0.3) is 0 Å². The topological polar surface area (TPSA) is 73.9 Å². The molecule has 0 spiro atoms. The molecular weight excluding hydrogens is 354 g/mol. The molecule has 0 saturated heterocycles. The van der Waals surface area contributed by atoms with Crippen molar-refractivity contribution in [2.75, 3.05) is 26.4 Å². The molecule has 0 aromatic heterocycles. The molecule has 0 atom stereocenters. The lowest BCUT2D eigenvalue weighted by Crippen LogP contribution is -2.28. The fourth-order valence-corrected chi connectivity index (χ4v) is 3.39. The molecule has 3 rings (SSSR count). The van der Waals surface area contributed by atoms with Gasteiger partial charge in [-0.05, 0) is 24.3 Å². The Balaban J connectivity index is 1.59. The van der Waals surface area contributed by atoms with Gasteiger partial charge in [0.1, 0.15) is 25.6 Å². The predicted molar refractivity (Wildman–Crippen MR) is 89.6 cm³/mol. The third kappa shape index (κ3) is 3.92. The molecule has 1 aliphatic rings. The van der Waals surface area contributed by atoms with Crippen LogP contribution >= 0.6 is 11.6 Å². The average molecular weight is 370 g/mol. The van der Waals surface area contributed by atoms with Gasteiger partial charge in [-0.15, -0.1) is 0 Å². The van der Waals surface area contributed by atoms with Crippen molar-refractivity contribution in [2.45, 2.75) is 4.90 Å². The molecule has 24 heavy (non-hydrogen) atoms. The van der Waals surface area contributed by atoms with E-state index in [1.807, 2.05) is 0 Å². The number of benzene rings is 2. The Kier molecular flexibility index (Phi) is 5.13.